The van der Waals surface area contributed by atoms with Crippen molar-refractivity contribution in [1.29, 1.82) is 0 Å². The highest BCUT2D eigenvalue weighted by Crippen LogP contribution is 2.16. The Morgan fingerprint density at radius 2 is 2.29 bits per heavy atom. The summed E-state index contributed by atoms with van der Waals surface area (Å²) in [6.45, 7) is 2.82. The standard InChI is InChI=1S/C10H12BrFN2/c11-9-4-8(5-10(12)6-9)7-14-3-1-2-13-14/h4-6,13H,1-3,7H2. The van der Waals surface area contributed by atoms with Crippen LogP contribution in [0.4, 0.5) is 4.39 Å². The van der Waals surface area contributed by atoms with Crippen LogP contribution in [-0.2, 0) is 6.54 Å². The molecule has 0 bridgehead atoms. The summed E-state index contributed by atoms with van der Waals surface area (Å²) in [6.07, 6.45) is 1.16. The van der Waals surface area contributed by atoms with Crippen molar-refractivity contribution in [3.8, 4) is 0 Å². The van der Waals surface area contributed by atoms with Crippen molar-refractivity contribution >= 4 is 15.9 Å². The number of halogens is 2. The van der Waals surface area contributed by atoms with E-state index in [4.69, 9.17) is 0 Å². The molecular formula is C10H12BrFN2. The van der Waals surface area contributed by atoms with Gasteiger partial charge in [0.1, 0.15) is 5.82 Å². The zero-order valence-corrected chi connectivity index (χ0v) is 9.35. The van der Waals surface area contributed by atoms with E-state index in [1.54, 1.807) is 6.07 Å². The van der Waals surface area contributed by atoms with E-state index in [0.717, 1.165) is 36.1 Å². The lowest BCUT2D eigenvalue weighted by Gasteiger charge is -2.15. The lowest BCUT2D eigenvalue weighted by Crippen LogP contribution is -2.29. The third kappa shape index (κ3) is 2.53. The molecule has 1 N–H and O–H groups in total. The molecule has 1 saturated heterocycles. The summed E-state index contributed by atoms with van der Waals surface area (Å²) in [6, 6.07) is 4.99. The number of hydrogen-bond acceptors (Lipinski definition) is 2. The number of nitrogens with zero attached hydrogens (tertiary/aromatic N) is 1. The molecule has 1 heterocycles. The maximum absolute atomic E-state index is 13.0. The number of benzene rings is 1. The van der Waals surface area contributed by atoms with Gasteiger partial charge in [-0.05, 0) is 30.2 Å². The van der Waals surface area contributed by atoms with Crippen LogP contribution in [0.3, 0.4) is 0 Å². The van der Waals surface area contributed by atoms with Gasteiger partial charge in [-0.3, -0.25) is 5.43 Å². The molecule has 1 aliphatic rings. The first-order valence-corrected chi connectivity index (χ1v) is 5.47. The third-order valence-corrected chi connectivity index (χ3v) is 2.69. The Labute approximate surface area is 91.2 Å². The van der Waals surface area contributed by atoms with Crippen molar-refractivity contribution in [2.45, 2.75) is 13.0 Å². The van der Waals surface area contributed by atoms with E-state index in [2.05, 4.69) is 26.4 Å². The Bertz CT molecular complexity index is 304. The molecule has 0 aromatic heterocycles. The quantitative estimate of drug-likeness (QED) is 0.876. The average molecular weight is 259 g/mol. The summed E-state index contributed by atoms with van der Waals surface area (Å²) >= 11 is 3.28. The molecule has 76 valence electrons. The van der Waals surface area contributed by atoms with E-state index in [0.29, 0.717) is 0 Å². The van der Waals surface area contributed by atoms with Gasteiger partial charge in [0.15, 0.2) is 0 Å². The number of rotatable bonds is 2. The summed E-state index contributed by atoms with van der Waals surface area (Å²) in [5, 5.41) is 2.11. The van der Waals surface area contributed by atoms with Gasteiger partial charge in [-0.15, -0.1) is 0 Å². The minimum Gasteiger partial charge on any atom is -0.255 e. The molecule has 0 unspecified atom stereocenters. The van der Waals surface area contributed by atoms with Crippen LogP contribution in [0.25, 0.3) is 0 Å². The Kier molecular flexibility index (Phi) is 3.15. The topological polar surface area (TPSA) is 15.3 Å². The van der Waals surface area contributed by atoms with Gasteiger partial charge in [0, 0.05) is 24.1 Å². The average Bonchev–Trinajstić information content (AvgIpc) is 2.54. The van der Waals surface area contributed by atoms with Crippen LogP contribution in [0.2, 0.25) is 0 Å². The van der Waals surface area contributed by atoms with Crippen molar-refractivity contribution < 1.29 is 4.39 Å². The first-order chi connectivity index (χ1) is 6.74. The first kappa shape index (κ1) is 10.1. The molecule has 0 radical (unpaired) electrons. The Morgan fingerprint density at radius 1 is 1.43 bits per heavy atom. The van der Waals surface area contributed by atoms with Crippen LogP contribution in [0.15, 0.2) is 22.7 Å². The third-order valence-electron chi connectivity index (χ3n) is 2.24. The van der Waals surface area contributed by atoms with Gasteiger partial charge in [0.05, 0.1) is 0 Å². The molecule has 0 aliphatic carbocycles. The molecule has 0 atom stereocenters. The fraction of sp³-hybridized carbons (Fsp3) is 0.400. The molecule has 1 aromatic rings. The van der Waals surface area contributed by atoms with E-state index in [1.807, 2.05) is 6.07 Å². The Hall–Kier alpha value is -0.450. The van der Waals surface area contributed by atoms with Gasteiger partial charge >= 0.3 is 0 Å². The molecular weight excluding hydrogens is 247 g/mol. The van der Waals surface area contributed by atoms with E-state index in [-0.39, 0.29) is 5.82 Å². The number of nitrogens with one attached hydrogen (secondary N) is 1. The van der Waals surface area contributed by atoms with E-state index < -0.39 is 0 Å². The fourth-order valence-corrected chi connectivity index (χ4v) is 2.16. The first-order valence-electron chi connectivity index (χ1n) is 4.67. The van der Waals surface area contributed by atoms with Crippen molar-refractivity contribution in [3.63, 3.8) is 0 Å². The van der Waals surface area contributed by atoms with Gasteiger partial charge in [0.2, 0.25) is 0 Å². The van der Waals surface area contributed by atoms with Crippen molar-refractivity contribution in [2.75, 3.05) is 13.1 Å². The highest BCUT2D eigenvalue weighted by molar-refractivity contribution is 9.10. The van der Waals surface area contributed by atoms with Crippen LogP contribution in [0, 0.1) is 5.82 Å². The van der Waals surface area contributed by atoms with Gasteiger partial charge in [-0.25, -0.2) is 9.40 Å². The van der Waals surface area contributed by atoms with Crippen molar-refractivity contribution in [3.05, 3.63) is 34.1 Å². The fourth-order valence-electron chi connectivity index (χ4n) is 1.64. The molecule has 14 heavy (non-hydrogen) atoms. The van der Waals surface area contributed by atoms with Crippen LogP contribution >= 0.6 is 15.9 Å². The van der Waals surface area contributed by atoms with Crippen molar-refractivity contribution in [2.24, 2.45) is 0 Å². The SMILES string of the molecule is Fc1cc(Br)cc(CN2CCCN2)c1. The zero-order valence-electron chi connectivity index (χ0n) is 7.76. The second kappa shape index (κ2) is 4.38. The summed E-state index contributed by atoms with van der Waals surface area (Å²) < 4.78 is 13.8. The summed E-state index contributed by atoms with van der Waals surface area (Å²) in [4.78, 5) is 0. The normalized spacial score (nSPS) is 17.6. The maximum Gasteiger partial charge on any atom is 0.124 e. The highest BCUT2D eigenvalue weighted by Gasteiger charge is 2.11. The second-order valence-electron chi connectivity index (χ2n) is 3.46. The smallest absolute Gasteiger partial charge is 0.124 e. The molecule has 2 nitrogen and oxygen atoms in total. The lowest BCUT2D eigenvalue weighted by molar-refractivity contribution is 0.244. The minimum absolute atomic E-state index is 0.187. The molecule has 1 aliphatic heterocycles. The van der Waals surface area contributed by atoms with E-state index in [1.165, 1.54) is 6.07 Å². The second-order valence-corrected chi connectivity index (χ2v) is 4.38. The van der Waals surface area contributed by atoms with E-state index in [9.17, 15) is 4.39 Å². The summed E-state index contributed by atoms with van der Waals surface area (Å²) in [7, 11) is 0. The van der Waals surface area contributed by atoms with Crippen LogP contribution in [0.1, 0.15) is 12.0 Å². The molecule has 1 fully saturated rings. The van der Waals surface area contributed by atoms with Gasteiger partial charge in [0.25, 0.3) is 0 Å². The molecule has 4 heteroatoms. The van der Waals surface area contributed by atoms with E-state index >= 15 is 0 Å². The molecule has 2 rings (SSSR count). The van der Waals surface area contributed by atoms with Gasteiger partial charge < -0.3 is 0 Å². The Morgan fingerprint density at radius 3 is 2.93 bits per heavy atom. The summed E-state index contributed by atoms with van der Waals surface area (Å²) in [5.41, 5.74) is 4.23. The molecule has 1 aromatic carbocycles. The lowest BCUT2D eigenvalue weighted by atomic mass is 10.2. The largest absolute Gasteiger partial charge is 0.255 e. The van der Waals surface area contributed by atoms with Crippen LogP contribution in [-0.4, -0.2) is 18.1 Å². The highest BCUT2D eigenvalue weighted by atomic mass is 79.9. The maximum atomic E-state index is 13.0. The van der Waals surface area contributed by atoms with Crippen LogP contribution < -0.4 is 5.43 Å². The monoisotopic (exact) mass is 258 g/mol. The number of hydrogen-bond donors (Lipinski definition) is 1. The molecule has 0 amide bonds. The van der Waals surface area contributed by atoms with Crippen molar-refractivity contribution in [1.82, 2.24) is 10.4 Å². The van der Waals surface area contributed by atoms with Crippen LogP contribution in [0.5, 0.6) is 0 Å². The minimum atomic E-state index is -0.187. The predicted octanol–water partition coefficient (Wildman–Crippen LogP) is 2.30. The summed E-state index contributed by atoms with van der Waals surface area (Å²) in [5.74, 6) is -0.187. The Balaban J connectivity index is 2.07. The number of hydrazine groups is 1. The zero-order chi connectivity index (χ0) is 9.97. The van der Waals surface area contributed by atoms with Gasteiger partial charge in [-0.2, -0.15) is 0 Å². The molecule has 0 spiro atoms. The molecule has 0 saturated carbocycles. The van der Waals surface area contributed by atoms with Gasteiger partial charge in [-0.1, -0.05) is 15.9 Å². The predicted molar refractivity (Wildman–Crippen MR) is 57.1 cm³/mol.